The molecule has 0 unspecified atom stereocenters. The van der Waals surface area contributed by atoms with Crippen LogP contribution in [0.1, 0.15) is 0 Å². The molecule has 1 aliphatic rings. The minimum Gasteiger partial charge on any atom is -0.338 e. The fourth-order valence-corrected chi connectivity index (χ4v) is 2.72. The lowest BCUT2D eigenvalue weighted by molar-refractivity contribution is -0.117. The van der Waals surface area contributed by atoms with Crippen LogP contribution in [0.4, 0.5) is 16.0 Å². The zero-order valence-corrected chi connectivity index (χ0v) is 13.7. The fourth-order valence-electron chi connectivity index (χ4n) is 2.54. The zero-order valence-electron chi connectivity index (χ0n) is 13.0. The van der Waals surface area contributed by atoms with Crippen molar-refractivity contribution in [2.45, 2.75) is 0 Å². The molecule has 0 aliphatic carbocycles. The summed E-state index contributed by atoms with van der Waals surface area (Å²) < 4.78 is 13.1. The Morgan fingerprint density at radius 2 is 1.92 bits per heavy atom. The molecular weight excluding hydrogens is 333 g/mol. The van der Waals surface area contributed by atoms with Crippen LogP contribution >= 0.6 is 11.6 Å². The maximum absolute atomic E-state index is 13.1. The largest absolute Gasteiger partial charge is 0.338 e. The summed E-state index contributed by atoms with van der Waals surface area (Å²) in [5.74, 6) is 0.0542. The van der Waals surface area contributed by atoms with Crippen LogP contribution in [0.3, 0.4) is 0 Å². The number of halogens is 2. The molecule has 3 rings (SSSR count). The SMILES string of the molecule is O=C(CN1CCN(c2ncccn2)CC1)Nc1ccc(F)c(Cl)c1. The maximum Gasteiger partial charge on any atom is 0.238 e. The Hall–Kier alpha value is -2.25. The van der Waals surface area contributed by atoms with Gasteiger partial charge in [-0.2, -0.15) is 0 Å². The number of benzene rings is 1. The number of carbonyl (C=O) groups is 1. The van der Waals surface area contributed by atoms with E-state index in [0.29, 0.717) is 11.6 Å². The van der Waals surface area contributed by atoms with E-state index in [4.69, 9.17) is 11.6 Å². The first-order valence-corrected chi connectivity index (χ1v) is 7.99. The standard InChI is InChI=1S/C16H17ClFN5O/c17-13-10-12(2-3-14(13)18)21-15(24)11-22-6-8-23(9-7-22)16-19-4-1-5-20-16/h1-5,10H,6-9,11H2,(H,21,24). The predicted octanol–water partition coefficient (Wildman–Crippen LogP) is 2.03. The van der Waals surface area contributed by atoms with Crippen LogP contribution in [0.25, 0.3) is 0 Å². The van der Waals surface area contributed by atoms with Gasteiger partial charge in [0.2, 0.25) is 11.9 Å². The van der Waals surface area contributed by atoms with Crippen LogP contribution in [-0.2, 0) is 4.79 Å². The molecule has 24 heavy (non-hydrogen) atoms. The van der Waals surface area contributed by atoms with Gasteiger partial charge in [-0.05, 0) is 24.3 Å². The van der Waals surface area contributed by atoms with Gasteiger partial charge in [-0.3, -0.25) is 9.69 Å². The minimum atomic E-state index is -0.506. The van der Waals surface area contributed by atoms with Gasteiger partial charge in [0.05, 0.1) is 11.6 Å². The van der Waals surface area contributed by atoms with Crippen molar-refractivity contribution in [1.29, 1.82) is 0 Å². The normalized spacial score (nSPS) is 15.3. The number of aromatic nitrogens is 2. The second-order valence-corrected chi connectivity index (χ2v) is 5.90. The number of rotatable bonds is 4. The molecule has 0 atom stereocenters. The third kappa shape index (κ3) is 4.18. The summed E-state index contributed by atoms with van der Waals surface area (Å²) >= 11 is 5.71. The number of hydrogen-bond donors (Lipinski definition) is 1. The van der Waals surface area contributed by atoms with Crippen molar-refractivity contribution >= 4 is 29.1 Å². The average molecular weight is 350 g/mol. The maximum atomic E-state index is 13.1. The number of nitrogens with zero attached hydrogens (tertiary/aromatic N) is 4. The number of piperazine rings is 1. The molecule has 1 aromatic carbocycles. The van der Waals surface area contributed by atoms with E-state index in [9.17, 15) is 9.18 Å². The molecule has 6 nitrogen and oxygen atoms in total. The van der Waals surface area contributed by atoms with E-state index < -0.39 is 5.82 Å². The van der Waals surface area contributed by atoms with E-state index >= 15 is 0 Å². The van der Waals surface area contributed by atoms with Crippen molar-refractivity contribution in [2.75, 3.05) is 42.9 Å². The summed E-state index contributed by atoms with van der Waals surface area (Å²) in [6, 6.07) is 5.91. The fraction of sp³-hybridized carbons (Fsp3) is 0.312. The Balaban J connectivity index is 1.49. The molecule has 2 aromatic rings. The van der Waals surface area contributed by atoms with Crippen molar-refractivity contribution in [3.8, 4) is 0 Å². The van der Waals surface area contributed by atoms with E-state index in [2.05, 4.69) is 25.1 Å². The van der Waals surface area contributed by atoms with Crippen LogP contribution in [0, 0.1) is 5.82 Å². The van der Waals surface area contributed by atoms with Crippen molar-refractivity contribution in [2.24, 2.45) is 0 Å². The first-order chi connectivity index (χ1) is 11.6. The number of carbonyl (C=O) groups excluding carboxylic acids is 1. The zero-order chi connectivity index (χ0) is 16.9. The number of nitrogens with one attached hydrogen (secondary N) is 1. The molecule has 1 aromatic heterocycles. The van der Waals surface area contributed by atoms with Gasteiger partial charge in [-0.1, -0.05) is 11.6 Å². The topological polar surface area (TPSA) is 61.4 Å². The van der Waals surface area contributed by atoms with E-state index in [0.717, 1.165) is 26.2 Å². The number of anilines is 2. The second kappa shape index (κ2) is 7.55. The smallest absolute Gasteiger partial charge is 0.238 e. The Kier molecular flexibility index (Phi) is 5.22. The van der Waals surface area contributed by atoms with Gasteiger partial charge in [0.1, 0.15) is 5.82 Å². The number of hydrogen-bond acceptors (Lipinski definition) is 5. The van der Waals surface area contributed by atoms with Gasteiger partial charge >= 0.3 is 0 Å². The molecule has 1 amide bonds. The number of amides is 1. The summed E-state index contributed by atoms with van der Waals surface area (Å²) in [6.45, 7) is 3.30. The molecule has 0 bridgehead atoms. The van der Waals surface area contributed by atoms with Crippen LogP contribution in [0.5, 0.6) is 0 Å². The Morgan fingerprint density at radius 1 is 1.21 bits per heavy atom. The predicted molar refractivity (Wildman–Crippen MR) is 90.7 cm³/mol. The molecule has 2 heterocycles. The highest BCUT2D eigenvalue weighted by Crippen LogP contribution is 2.19. The third-order valence-electron chi connectivity index (χ3n) is 3.78. The van der Waals surface area contributed by atoms with E-state index in [-0.39, 0.29) is 17.5 Å². The van der Waals surface area contributed by atoms with Crippen molar-refractivity contribution < 1.29 is 9.18 Å². The van der Waals surface area contributed by atoms with Gasteiger partial charge < -0.3 is 10.2 Å². The molecule has 1 aliphatic heterocycles. The monoisotopic (exact) mass is 349 g/mol. The quantitative estimate of drug-likeness (QED) is 0.915. The highest BCUT2D eigenvalue weighted by Gasteiger charge is 2.20. The summed E-state index contributed by atoms with van der Waals surface area (Å²) in [4.78, 5) is 24.7. The van der Waals surface area contributed by atoms with Crippen molar-refractivity contribution in [3.63, 3.8) is 0 Å². The van der Waals surface area contributed by atoms with Crippen LogP contribution in [-0.4, -0.2) is 53.5 Å². The summed E-state index contributed by atoms with van der Waals surface area (Å²) in [7, 11) is 0. The average Bonchev–Trinajstić information content (AvgIpc) is 2.59. The van der Waals surface area contributed by atoms with Crippen LogP contribution < -0.4 is 10.2 Å². The molecule has 1 saturated heterocycles. The third-order valence-corrected chi connectivity index (χ3v) is 4.07. The highest BCUT2D eigenvalue weighted by atomic mass is 35.5. The van der Waals surface area contributed by atoms with Crippen molar-refractivity contribution in [1.82, 2.24) is 14.9 Å². The van der Waals surface area contributed by atoms with Gasteiger partial charge in [0.25, 0.3) is 0 Å². The highest BCUT2D eigenvalue weighted by molar-refractivity contribution is 6.31. The first-order valence-electron chi connectivity index (χ1n) is 7.61. The van der Waals surface area contributed by atoms with Crippen LogP contribution in [0.15, 0.2) is 36.7 Å². The lowest BCUT2D eigenvalue weighted by atomic mass is 10.3. The molecule has 1 N–H and O–H groups in total. The Labute approximate surface area is 144 Å². The summed E-state index contributed by atoms with van der Waals surface area (Å²) in [6.07, 6.45) is 3.44. The molecule has 126 valence electrons. The Morgan fingerprint density at radius 3 is 2.58 bits per heavy atom. The van der Waals surface area contributed by atoms with Gasteiger partial charge in [-0.25, -0.2) is 14.4 Å². The lowest BCUT2D eigenvalue weighted by Gasteiger charge is -2.34. The summed E-state index contributed by atoms with van der Waals surface area (Å²) in [5, 5.41) is 2.72. The first kappa shape index (κ1) is 16.6. The van der Waals surface area contributed by atoms with E-state index in [1.165, 1.54) is 18.2 Å². The van der Waals surface area contributed by atoms with Gasteiger partial charge in [-0.15, -0.1) is 0 Å². The van der Waals surface area contributed by atoms with Crippen LogP contribution in [0.2, 0.25) is 5.02 Å². The molecule has 0 spiro atoms. The van der Waals surface area contributed by atoms with Gasteiger partial charge in [0.15, 0.2) is 0 Å². The molecule has 0 saturated carbocycles. The minimum absolute atomic E-state index is 0.00993. The molecule has 8 heteroatoms. The van der Waals surface area contributed by atoms with E-state index in [1.807, 2.05) is 0 Å². The Bertz CT molecular complexity index is 707. The lowest BCUT2D eigenvalue weighted by Crippen LogP contribution is -2.49. The van der Waals surface area contributed by atoms with E-state index in [1.54, 1.807) is 18.5 Å². The van der Waals surface area contributed by atoms with Gasteiger partial charge in [0, 0.05) is 44.3 Å². The molecule has 1 fully saturated rings. The molecular formula is C16H17ClFN5O. The summed E-state index contributed by atoms with van der Waals surface area (Å²) in [5.41, 5.74) is 0.489. The van der Waals surface area contributed by atoms with Crippen molar-refractivity contribution in [3.05, 3.63) is 47.5 Å². The molecule has 0 radical (unpaired) electrons. The second-order valence-electron chi connectivity index (χ2n) is 5.49.